The summed E-state index contributed by atoms with van der Waals surface area (Å²) in [7, 11) is 1.84. The molecule has 1 heterocycles. The molecule has 96 valence electrons. The van der Waals surface area contributed by atoms with Gasteiger partial charge in [-0.25, -0.2) is 0 Å². The van der Waals surface area contributed by atoms with Crippen molar-refractivity contribution in [3.63, 3.8) is 0 Å². The first-order chi connectivity index (χ1) is 8.02. The molecule has 0 spiro atoms. The van der Waals surface area contributed by atoms with Crippen LogP contribution in [0.15, 0.2) is 12.4 Å². The second kappa shape index (κ2) is 4.68. The monoisotopic (exact) mass is 247 g/mol. The van der Waals surface area contributed by atoms with Crippen LogP contribution in [-0.2, 0) is 6.18 Å². The fraction of sp³-hybridized carbons (Fsp3) is 0.727. The van der Waals surface area contributed by atoms with E-state index in [9.17, 15) is 13.2 Å². The SMILES string of the molecule is CNC1CCCCC1n1cc(C(F)(F)F)cn1. The van der Waals surface area contributed by atoms with Crippen LogP contribution in [0, 0.1) is 0 Å². The van der Waals surface area contributed by atoms with Gasteiger partial charge >= 0.3 is 6.18 Å². The molecule has 0 aromatic carbocycles. The van der Waals surface area contributed by atoms with E-state index in [1.165, 1.54) is 4.68 Å². The average Bonchev–Trinajstić information content (AvgIpc) is 2.77. The molecule has 0 saturated heterocycles. The highest BCUT2D eigenvalue weighted by atomic mass is 19.4. The Morgan fingerprint density at radius 3 is 2.65 bits per heavy atom. The zero-order chi connectivity index (χ0) is 12.5. The molecular formula is C11H16F3N3. The van der Waals surface area contributed by atoms with Gasteiger partial charge in [0, 0.05) is 12.2 Å². The van der Waals surface area contributed by atoms with E-state index in [0.29, 0.717) is 0 Å². The van der Waals surface area contributed by atoms with Gasteiger partial charge in [-0.15, -0.1) is 0 Å². The Balaban J connectivity index is 2.18. The van der Waals surface area contributed by atoms with E-state index in [0.717, 1.165) is 38.1 Å². The second-order valence-corrected chi connectivity index (χ2v) is 4.45. The smallest absolute Gasteiger partial charge is 0.315 e. The predicted molar refractivity (Wildman–Crippen MR) is 57.6 cm³/mol. The summed E-state index contributed by atoms with van der Waals surface area (Å²) in [5.74, 6) is 0. The van der Waals surface area contributed by atoms with Crippen molar-refractivity contribution in [2.24, 2.45) is 0 Å². The molecule has 1 N–H and O–H groups in total. The molecule has 3 nitrogen and oxygen atoms in total. The molecule has 2 atom stereocenters. The molecule has 2 rings (SSSR count). The Morgan fingerprint density at radius 2 is 2.06 bits per heavy atom. The largest absolute Gasteiger partial charge is 0.419 e. The highest BCUT2D eigenvalue weighted by molar-refractivity contribution is 5.09. The van der Waals surface area contributed by atoms with Crippen molar-refractivity contribution in [3.8, 4) is 0 Å². The average molecular weight is 247 g/mol. The van der Waals surface area contributed by atoms with E-state index in [2.05, 4.69) is 10.4 Å². The van der Waals surface area contributed by atoms with Gasteiger partial charge in [0.05, 0.1) is 17.8 Å². The first-order valence-corrected chi connectivity index (χ1v) is 5.81. The van der Waals surface area contributed by atoms with E-state index >= 15 is 0 Å². The Bertz CT molecular complexity index is 372. The van der Waals surface area contributed by atoms with Crippen LogP contribution in [0.3, 0.4) is 0 Å². The number of nitrogens with zero attached hydrogens (tertiary/aromatic N) is 2. The maximum absolute atomic E-state index is 12.5. The van der Waals surface area contributed by atoms with Gasteiger partial charge in [-0.1, -0.05) is 12.8 Å². The van der Waals surface area contributed by atoms with E-state index in [4.69, 9.17) is 0 Å². The number of hydrogen-bond acceptors (Lipinski definition) is 2. The van der Waals surface area contributed by atoms with Gasteiger partial charge in [-0.3, -0.25) is 4.68 Å². The zero-order valence-electron chi connectivity index (χ0n) is 9.67. The summed E-state index contributed by atoms with van der Waals surface area (Å²) >= 11 is 0. The Morgan fingerprint density at radius 1 is 1.35 bits per heavy atom. The fourth-order valence-electron chi connectivity index (χ4n) is 2.43. The van der Waals surface area contributed by atoms with Crippen LogP contribution in [-0.4, -0.2) is 22.9 Å². The summed E-state index contributed by atoms with van der Waals surface area (Å²) in [6.07, 6.45) is 1.75. The first-order valence-electron chi connectivity index (χ1n) is 5.81. The highest BCUT2D eigenvalue weighted by Gasteiger charge is 2.34. The molecular weight excluding hydrogens is 231 g/mol. The molecule has 0 amide bonds. The minimum atomic E-state index is -4.30. The number of rotatable bonds is 2. The van der Waals surface area contributed by atoms with E-state index < -0.39 is 11.7 Å². The van der Waals surface area contributed by atoms with E-state index in [1.54, 1.807) is 0 Å². The fourth-order valence-corrected chi connectivity index (χ4v) is 2.43. The number of hydrogen-bond donors (Lipinski definition) is 1. The van der Waals surface area contributed by atoms with Crippen LogP contribution in [0.5, 0.6) is 0 Å². The first kappa shape index (κ1) is 12.4. The third kappa shape index (κ3) is 2.62. The van der Waals surface area contributed by atoms with Gasteiger partial charge in [-0.05, 0) is 19.9 Å². The molecule has 1 aliphatic carbocycles. The van der Waals surface area contributed by atoms with Crippen molar-refractivity contribution in [1.29, 1.82) is 0 Å². The van der Waals surface area contributed by atoms with Crippen LogP contribution in [0.4, 0.5) is 13.2 Å². The van der Waals surface area contributed by atoms with Gasteiger partial charge in [0.1, 0.15) is 0 Å². The van der Waals surface area contributed by atoms with Crippen molar-refractivity contribution in [2.75, 3.05) is 7.05 Å². The molecule has 0 bridgehead atoms. The second-order valence-electron chi connectivity index (χ2n) is 4.45. The van der Waals surface area contributed by atoms with E-state index in [1.807, 2.05) is 7.05 Å². The number of aromatic nitrogens is 2. The third-order valence-electron chi connectivity index (χ3n) is 3.37. The molecule has 1 aromatic heterocycles. The molecule has 1 aromatic rings. The molecule has 0 radical (unpaired) electrons. The maximum Gasteiger partial charge on any atom is 0.419 e. The lowest BCUT2D eigenvalue weighted by molar-refractivity contribution is -0.137. The van der Waals surface area contributed by atoms with Gasteiger partial charge in [0.15, 0.2) is 0 Å². The lowest BCUT2D eigenvalue weighted by atomic mass is 9.90. The topological polar surface area (TPSA) is 29.9 Å². The number of halogens is 3. The minimum absolute atomic E-state index is 0.0323. The van der Waals surface area contributed by atoms with Crippen LogP contribution in [0.1, 0.15) is 37.3 Å². The predicted octanol–water partition coefficient (Wildman–Crippen LogP) is 2.61. The van der Waals surface area contributed by atoms with Crippen molar-refractivity contribution < 1.29 is 13.2 Å². The van der Waals surface area contributed by atoms with Gasteiger partial charge in [-0.2, -0.15) is 18.3 Å². The van der Waals surface area contributed by atoms with Crippen molar-refractivity contribution in [3.05, 3.63) is 18.0 Å². The van der Waals surface area contributed by atoms with Crippen molar-refractivity contribution >= 4 is 0 Å². The number of likely N-dealkylation sites (N-methyl/N-ethyl adjacent to an activating group) is 1. The third-order valence-corrected chi connectivity index (χ3v) is 3.37. The number of nitrogens with one attached hydrogen (secondary N) is 1. The molecule has 1 fully saturated rings. The Labute approximate surface area is 98.0 Å². The molecule has 0 aliphatic heterocycles. The number of alkyl halides is 3. The summed E-state index contributed by atoms with van der Waals surface area (Å²) in [6, 6.07) is 0.245. The summed E-state index contributed by atoms with van der Waals surface area (Å²) < 4.78 is 38.9. The minimum Gasteiger partial charge on any atom is -0.315 e. The lowest BCUT2D eigenvalue weighted by Crippen LogP contribution is -2.37. The maximum atomic E-state index is 12.5. The van der Waals surface area contributed by atoms with Crippen LogP contribution < -0.4 is 5.32 Å². The Hall–Kier alpha value is -1.04. The van der Waals surface area contributed by atoms with E-state index in [-0.39, 0.29) is 12.1 Å². The van der Waals surface area contributed by atoms with Crippen molar-refractivity contribution in [1.82, 2.24) is 15.1 Å². The van der Waals surface area contributed by atoms with Crippen LogP contribution in [0.2, 0.25) is 0 Å². The highest BCUT2D eigenvalue weighted by Crippen LogP contribution is 2.32. The summed E-state index contributed by atoms with van der Waals surface area (Å²) in [4.78, 5) is 0. The quantitative estimate of drug-likeness (QED) is 0.870. The zero-order valence-corrected chi connectivity index (χ0v) is 9.67. The lowest BCUT2D eigenvalue weighted by Gasteiger charge is -2.31. The van der Waals surface area contributed by atoms with Crippen LogP contribution >= 0.6 is 0 Å². The normalized spacial score (nSPS) is 26.1. The molecule has 1 aliphatic rings. The van der Waals surface area contributed by atoms with Gasteiger partial charge in [0.2, 0.25) is 0 Å². The standard InChI is InChI=1S/C11H16F3N3/c1-15-9-4-2-3-5-10(9)17-7-8(6-16-17)11(12,13)14/h6-7,9-10,15H,2-5H2,1H3. The molecule has 2 unspecified atom stereocenters. The summed E-state index contributed by atoms with van der Waals surface area (Å²) in [5.41, 5.74) is -0.669. The summed E-state index contributed by atoms with van der Waals surface area (Å²) in [5, 5.41) is 7.02. The molecule has 1 saturated carbocycles. The van der Waals surface area contributed by atoms with Crippen LogP contribution in [0.25, 0.3) is 0 Å². The van der Waals surface area contributed by atoms with Gasteiger partial charge < -0.3 is 5.32 Å². The van der Waals surface area contributed by atoms with Gasteiger partial charge in [0.25, 0.3) is 0 Å². The Kier molecular flexibility index (Phi) is 3.42. The molecule has 17 heavy (non-hydrogen) atoms. The summed E-state index contributed by atoms with van der Waals surface area (Å²) in [6.45, 7) is 0. The molecule has 6 heteroatoms. The van der Waals surface area contributed by atoms with Crippen molar-refractivity contribution in [2.45, 2.75) is 43.9 Å².